The fraction of sp³-hybridized carbons (Fsp3) is 0.435. The molecule has 0 spiro atoms. The van der Waals surface area contributed by atoms with Crippen LogP contribution in [0.5, 0.6) is 0 Å². The molecule has 0 saturated heterocycles. The quantitative estimate of drug-likeness (QED) is 0.437. The summed E-state index contributed by atoms with van der Waals surface area (Å²) in [5.41, 5.74) is -0.667. The third-order valence-electron chi connectivity index (χ3n) is 6.15. The molecule has 2 aliphatic rings. The molecular weight excluding hydrogens is 457 g/mol. The Hall–Kier alpha value is -2.13. The number of aromatic nitrogens is 2. The van der Waals surface area contributed by atoms with Gasteiger partial charge in [-0.05, 0) is 56.2 Å². The van der Waals surface area contributed by atoms with Gasteiger partial charge < -0.3 is 0 Å². The highest BCUT2D eigenvalue weighted by Gasteiger charge is 2.36. The minimum Gasteiger partial charge on any atom is -0.298 e. The first kappa shape index (κ1) is 21.7. The molecule has 168 valence electrons. The number of carbonyl (C=O) groups is 1. The summed E-state index contributed by atoms with van der Waals surface area (Å²) in [6, 6.07) is 5.09. The molecule has 2 aromatic heterocycles. The molecule has 2 heterocycles. The number of halogens is 3. The second-order valence-electron chi connectivity index (χ2n) is 8.26. The van der Waals surface area contributed by atoms with Gasteiger partial charge >= 0.3 is 6.18 Å². The van der Waals surface area contributed by atoms with Crippen molar-refractivity contribution in [1.82, 2.24) is 9.55 Å². The Kier molecular flexibility index (Phi) is 5.65. The lowest BCUT2D eigenvalue weighted by Crippen LogP contribution is -2.27. The highest BCUT2D eigenvalue weighted by Crippen LogP contribution is 2.39. The minimum atomic E-state index is -4.62. The molecule has 3 aromatic rings. The third kappa shape index (κ3) is 3.79. The van der Waals surface area contributed by atoms with Crippen LogP contribution < -0.4 is 5.56 Å². The van der Waals surface area contributed by atoms with E-state index in [0.29, 0.717) is 23.1 Å². The summed E-state index contributed by atoms with van der Waals surface area (Å²) in [7, 11) is 0. The van der Waals surface area contributed by atoms with E-state index in [1.54, 1.807) is 0 Å². The predicted octanol–water partition coefficient (Wildman–Crippen LogP) is 5.95. The first-order valence-corrected chi connectivity index (χ1v) is 12.5. The summed E-state index contributed by atoms with van der Waals surface area (Å²) in [6.07, 6.45) is 1.75. The van der Waals surface area contributed by atoms with Crippen LogP contribution in [0.4, 0.5) is 13.2 Å². The number of alkyl halides is 3. The molecule has 2 aliphatic carbocycles. The number of thioether (sulfide) groups is 1. The number of fused-ring (bicyclic) bond motifs is 3. The Morgan fingerprint density at radius 3 is 2.56 bits per heavy atom. The lowest BCUT2D eigenvalue weighted by atomic mass is 9.97. The monoisotopic (exact) mass is 478 g/mol. The zero-order chi connectivity index (χ0) is 22.5. The van der Waals surface area contributed by atoms with E-state index >= 15 is 0 Å². The number of nitrogens with zero attached hydrogens (tertiary/aromatic N) is 2. The van der Waals surface area contributed by atoms with Crippen LogP contribution in [-0.2, 0) is 23.8 Å². The van der Waals surface area contributed by atoms with Crippen LogP contribution >= 0.6 is 23.1 Å². The average molecular weight is 479 g/mol. The van der Waals surface area contributed by atoms with Gasteiger partial charge in [0.05, 0.1) is 21.9 Å². The number of para-hydroxylation sites is 1. The molecule has 0 radical (unpaired) electrons. The molecule has 1 fully saturated rings. The average Bonchev–Trinajstić information content (AvgIpc) is 3.13. The number of hydrogen-bond donors (Lipinski definition) is 0. The van der Waals surface area contributed by atoms with E-state index in [2.05, 4.69) is 0 Å². The summed E-state index contributed by atoms with van der Waals surface area (Å²) in [6.45, 7) is 0. The number of carbonyl (C=O) groups excluding carboxylic acids is 1. The van der Waals surface area contributed by atoms with Gasteiger partial charge in [-0.15, -0.1) is 11.3 Å². The number of Topliss-reactive ketones (excluding diaryl/α,β-unsaturated/α-hetero) is 1. The number of thiophene rings is 1. The lowest BCUT2D eigenvalue weighted by molar-refractivity contribution is -0.137. The zero-order valence-electron chi connectivity index (χ0n) is 17.2. The molecule has 0 aliphatic heterocycles. The van der Waals surface area contributed by atoms with Gasteiger partial charge in [0, 0.05) is 11.3 Å². The first-order valence-electron chi connectivity index (χ1n) is 10.8. The highest BCUT2D eigenvalue weighted by atomic mass is 32.2. The van der Waals surface area contributed by atoms with Gasteiger partial charge in [-0.25, -0.2) is 4.98 Å². The van der Waals surface area contributed by atoms with Crippen molar-refractivity contribution in [2.24, 2.45) is 0 Å². The van der Waals surface area contributed by atoms with Gasteiger partial charge in [0.25, 0.3) is 5.56 Å². The van der Waals surface area contributed by atoms with E-state index in [1.807, 2.05) is 0 Å². The second kappa shape index (κ2) is 8.33. The molecule has 5 rings (SSSR count). The van der Waals surface area contributed by atoms with Crippen LogP contribution in [0.25, 0.3) is 15.9 Å². The summed E-state index contributed by atoms with van der Waals surface area (Å²) in [5.74, 6) is 0.0664. The van der Waals surface area contributed by atoms with Crippen LogP contribution in [-0.4, -0.2) is 20.6 Å². The maximum Gasteiger partial charge on any atom is 0.418 e. The van der Waals surface area contributed by atoms with Crippen molar-refractivity contribution < 1.29 is 18.0 Å². The van der Waals surface area contributed by atoms with Gasteiger partial charge in [-0.2, -0.15) is 13.2 Å². The highest BCUT2D eigenvalue weighted by molar-refractivity contribution is 8.00. The molecule has 0 N–H and O–H groups in total. The first-order chi connectivity index (χ1) is 15.3. The van der Waals surface area contributed by atoms with Crippen LogP contribution in [0.15, 0.2) is 34.2 Å². The number of rotatable bonds is 3. The standard InChI is InChI=1S/C23H21F3N2O2S2/c24-23(25,26)14-8-2-3-9-15(14)28-21(30)19-13-7-1-5-11-17(13)31-20(19)27-22(28)32-18-12-6-4-10-16(18)29/h2-3,8-9,18H,1,4-7,10-12H2. The van der Waals surface area contributed by atoms with E-state index in [-0.39, 0.29) is 16.6 Å². The van der Waals surface area contributed by atoms with Crippen LogP contribution in [0.3, 0.4) is 0 Å². The van der Waals surface area contributed by atoms with Crippen molar-refractivity contribution in [3.8, 4) is 5.69 Å². The summed E-state index contributed by atoms with van der Waals surface area (Å²) >= 11 is 2.59. The Morgan fingerprint density at radius 2 is 1.78 bits per heavy atom. The number of hydrogen-bond acceptors (Lipinski definition) is 5. The largest absolute Gasteiger partial charge is 0.418 e. The van der Waals surface area contributed by atoms with E-state index in [0.717, 1.165) is 71.4 Å². The number of aryl methyl sites for hydroxylation is 2. The molecule has 0 bridgehead atoms. The van der Waals surface area contributed by atoms with Gasteiger partial charge in [0.2, 0.25) is 0 Å². The molecular formula is C23H21F3N2O2S2. The van der Waals surface area contributed by atoms with Crippen molar-refractivity contribution >= 4 is 39.1 Å². The Labute approximate surface area is 190 Å². The van der Waals surface area contributed by atoms with E-state index < -0.39 is 22.5 Å². The third-order valence-corrected chi connectivity index (χ3v) is 8.61. The number of ketones is 1. The second-order valence-corrected chi connectivity index (χ2v) is 10.5. The van der Waals surface area contributed by atoms with Gasteiger partial charge in [-0.1, -0.05) is 30.3 Å². The van der Waals surface area contributed by atoms with Crippen LogP contribution in [0.1, 0.15) is 54.5 Å². The summed E-state index contributed by atoms with van der Waals surface area (Å²) in [4.78, 5) is 32.6. The van der Waals surface area contributed by atoms with Crippen molar-refractivity contribution in [2.75, 3.05) is 0 Å². The Balaban J connectivity index is 1.77. The zero-order valence-corrected chi connectivity index (χ0v) is 18.8. The summed E-state index contributed by atoms with van der Waals surface area (Å²) < 4.78 is 42.6. The van der Waals surface area contributed by atoms with Crippen LogP contribution in [0.2, 0.25) is 0 Å². The van der Waals surface area contributed by atoms with E-state index in [4.69, 9.17) is 4.98 Å². The van der Waals surface area contributed by atoms with Crippen molar-refractivity contribution in [2.45, 2.75) is 67.9 Å². The normalized spacial score (nSPS) is 19.3. The number of benzene rings is 1. The molecule has 1 aromatic carbocycles. The van der Waals surface area contributed by atoms with Crippen molar-refractivity contribution in [3.63, 3.8) is 0 Å². The minimum absolute atomic E-state index is 0.0664. The Bertz CT molecular complexity index is 1260. The molecule has 9 heteroatoms. The summed E-state index contributed by atoms with van der Waals surface area (Å²) in [5, 5.41) is 0.200. The predicted molar refractivity (Wildman–Crippen MR) is 120 cm³/mol. The smallest absolute Gasteiger partial charge is 0.298 e. The topological polar surface area (TPSA) is 52.0 Å². The molecule has 1 unspecified atom stereocenters. The van der Waals surface area contributed by atoms with Gasteiger partial charge in [-0.3, -0.25) is 14.2 Å². The fourth-order valence-corrected chi connectivity index (χ4v) is 7.12. The molecule has 32 heavy (non-hydrogen) atoms. The SMILES string of the molecule is O=C1CCCCC1Sc1nc2sc3c(c2c(=O)n1-c1ccccc1C(F)(F)F)CCCC3. The van der Waals surface area contributed by atoms with Crippen LogP contribution in [0, 0.1) is 0 Å². The molecule has 1 saturated carbocycles. The van der Waals surface area contributed by atoms with Crippen molar-refractivity contribution in [1.29, 1.82) is 0 Å². The Morgan fingerprint density at radius 1 is 1.03 bits per heavy atom. The van der Waals surface area contributed by atoms with Gasteiger partial charge in [0.1, 0.15) is 10.6 Å². The maximum absolute atomic E-state index is 13.9. The fourth-order valence-electron chi connectivity index (χ4n) is 4.59. The molecule has 0 amide bonds. The molecule has 4 nitrogen and oxygen atoms in total. The lowest BCUT2D eigenvalue weighted by Gasteiger charge is -2.22. The van der Waals surface area contributed by atoms with E-state index in [9.17, 15) is 22.8 Å². The maximum atomic E-state index is 13.9. The van der Waals surface area contributed by atoms with E-state index in [1.165, 1.54) is 29.5 Å². The van der Waals surface area contributed by atoms with Crippen molar-refractivity contribution in [3.05, 3.63) is 50.6 Å². The molecule has 1 atom stereocenters. The van der Waals surface area contributed by atoms with Gasteiger partial charge in [0.15, 0.2) is 5.16 Å².